The molecule has 3 aliphatic rings. The van der Waals surface area contributed by atoms with E-state index in [0.29, 0.717) is 5.92 Å². The van der Waals surface area contributed by atoms with E-state index in [-0.39, 0.29) is 5.41 Å². The number of rotatable bonds is 3. The lowest BCUT2D eigenvalue weighted by atomic mass is 9.67. The zero-order chi connectivity index (χ0) is 22.9. The Morgan fingerprint density at radius 1 is 0.879 bits per heavy atom. The van der Waals surface area contributed by atoms with E-state index in [9.17, 15) is 0 Å². The van der Waals surface area contributed by atoms with E-state index in [1.54, 1.807) is 0 Å². The van der Waals surface area contributed by atoms with Crippen LogP contribution in [0.3, 0.4) is 0 Å². The third-order valence-corrected chi connectivity index (χ3v) is 7.85. The van der Waals surface area contributed by atoms with E-state index in [4.69, 9.17) is 4.99 Å². The van der Waals surface area contributed by atoms with Crippen molar-refractivity contribution in [3.8, 4) is 11.1 Å². The Labute approximate surface area is 196 Å². The van der Waals surface area contributed by atoms with Crippen molar-refractivity contribution in [3.05, 3.63) is 122 Å². The van der Waals surface area contributed by atoms with E-state index >= 15 is 0 Å². The van der Waals surface area contributed by atoms with Crippen molar-refractivity contribution in [2.75, 3.05) is 0 Å². The van der Waals surface area contributed by atoms with Crippen molar-refractivity contribution in [2.24, 2.45) is 4.99 Å². The van der Waals surface area contributed by atoms with Crippen LogP contribution in [0.5, 0.6) is 0 Å². The largest absolute Gasteiger partial charge is 0.247 e. The Bertz CT molecular complexity index is 1540. The Hall–Kier alpha value is -3.45. The molecule has 1 atom stereocenters. The minimum atomic E-state index is -0.0904. The average molecular weight is 428 g/mol. The normalized spacial score (nSPS) is 18.3. The van der Waals surface area contributed by atoms with Crippen molar-refractivity contribution >= 4 is 11.6 Å². The van der Waals surface area contributed by atoms with Crippen molar-refractivity contribution in [1.82, 2.24) is 0 Å². The van der Waals surface area contributed by atoms with Crippen molar-refractivity contribution < 1.29 is 0 Å². The maximum atomic E-state index is 5.13. The van der Waals surface area contributed by atoms with Gasteiger partial charge in [0.2, 0.25) is 0 Å². The number of hydrogen-bond acceptors (Lipinski definition) is 1. The van der Waals surface area contributed by atoms with Gasteiger partial charge < -0.3 is 0 Å². The molecule has 0 bridgehead atoms. The van der Waals surface area contributed by atoms with E-state index < -0.39 is 0 Å². The molecule has 1 aliphatic heterocycles. The minimum absolute atomic E-state index is 0.0904. The first-order chi connectivity index (χ1) is 15.9. The average Bonchev–Trinajstić information content (AvgIpc) is 3.47. The highest BCUT2D eigenvalue weighted by Crippen LogP contribution is 2.48. The third-order valence-electron chi connectivity index (χ3n) is 7.85. The van der Waals surface area contributed by atoms with Crippen molar-refractivity contribution in [1.29, 1.82) is 0 Å². The molecule has 0 fully saturated rings. The third kappa shape index (κ3) is 2.82. The second kappa shape index (κ2) is 7.02. The van der Waals surface area contributed by atoms with Gasteiger partial charge in [0.15, 0.2) is 0 Å². The van der Waals surface area contributed by atoms with Crippen LogP contribution >= 0.6 is 0 Å². The molecule has 1 heteroatoms. The Morgan fingerprint density at radius 3 is 2.39 bits per heavy atom. The van der Waals surface area contributed by atoms with Gasteiger partial charge in [-0.15, -0.1) is 0 Å². The lowest BCUT2D eigenvalue weighted by molar-refractivity contribution is 0.472. The number of fused-ring (bicyclic) bond motifs is 3. The molecule has 0 saturated carbocycles. The molecule has 0 aromatic heterocycles. The molecule has 1 nitrogen and oxygen atoms in total. The SMILES string of the molecule is CC1=CC2=c3c(-c4ccccc4)c(C(C)(C)C4C=Cc5ccccc54)c(C)cc3=NC2=C1C. The maximum absolute atomic E-state index is 5.13. The van der Waals surface area contributed by atoms with Crippen LogP contribution < -0.4 is 10.6 Å². The molecular weight excluding hydrogens is 398 g/mol. The van der Waals surface area contributed by atoms with Crippen LogP contribution in [0.2, 0.25) is 0 Å². The molecule has 1 heterocycles. The highest BCUT2D eigenvalue weighted by molar-refractivity contribution is 5.87. The fraction of sp³-hybridized carbons (Fsp3) is 0.219. The predicted octanol–water partition coefficient (Wildman–Crippen LogP) is 6.77. The summed E-state index contributed by atoms with van der Waals surface area (Å²) in [6.07, 6.45) is 7.03. The van der Waals surface area contributed by atoms with Gasteiger partial charge >= 0.3 is 0 Å². The van der Waals surface area contributed by atoms with E-state index in [1.165, 1.54) is 55.3 Å². The van der Waals surface area contributed by atoms with Crippen LogP contribution in [0, 0.1) is 6.92 Å². The summed E-state index contributed by atoms with van der Waals surface area (Å²) in [6, 6.07) is 22.1. The number of allylic oxidation sites excluding steroid dienone is 4. The van der Waals surface area contributed by atoms with Gasteiger partial charge in [-0.05, 0) is 77.4 Å². The molecule has 162 valence electrons. The smallest absolute Gasteiger partial charge is 0.0748 e. The van der Waals surface area contributed by atoms with Gasteiger partial charge in [-0.1, -0.05) is 80.6 Å². The van der Waals surface area contributed by atoms with Gasteiger partial charge in [0, 0.05) is 22.1 Å². The molecule has 2 aliphatic carbocycles. The highest BCUT2D eigenvalue weighted by atomic mass is 14.8. The Kier molecular flexibility index (Phi) is 4.29. The van der Waals surface area contributed by atoms with Gasteiger partial charge in [-0.2, -0.15) is 0 Å². The van der Waals surface area contributed by atoms with E-state index in [2.05, 4.69) is 114 Å². The molecule has 0 N–H and O–H groups in total. The van der Waals surface area contributed by atoms with Crippen LogP contribution in [0.1, 0.15) is 55.9 Å². The number of nitrogens with zero attached hydrogens (tertiary/aromatic N) is 1. The van der Waals surface area contributed by atoms with Gasteiger partial charge in [0.25, 0.3) is 0 Å². The molecule has 0 radical (unpaired) electrons. The molecule has 3 aromatic carbocycles. The molecular formula is C32H29N. The topological polar surface area (TPSA) is 12.4 Å². The Balaban J connectivity index is 1.72. The monoisotopic (exact) mass is 427 g/mol. The highest BCUT2D eigenvalue weighted by Gasteiger charge is 2.38. The molecule has 33 heavy (non-hydrogen) atoms. The lowest BCUT2D eigenvalue weighted by Gasteiger charge is -2.36. The van der Waals surface area contributed by atoms with Crippen molar-refractivity contribution in [2.45, 2.75) is 46.0 Å². The molecule has 0 amide bonds. The zero-order valence-electron chi connectivity index (χ0n) is 20.0. The van der Waals surface area contributed by atoms with Gasteiger partial charge in [-0.25, -0.2) is 4.99 Å². The first-order valence-corrected chi connectivity index (χ1v) is 11.9. The summed E-state index contributed by atoms with van der Waals surface area (Å²) < 4.78 is 0. The minimum Gasteiger partial charge on any atom is -0.247 e. The standard InChI is InChI=1S/C32H29N/c1-19-17-25-29-27(33-31(25)21(19)3)18-20(2)30(28(29)23-12-7-6-8-13-23)32(4,5)26-16-15-22-11-9-10-14-24(22)26/h6-18,26H,1-5H3. The second-order valence-electron chi connectivity index (χ2n) is 10.2. The van der Waals surface area contributed by atoms with Crippen molar-refractivity contribution in [3.63, 3.8) is 0 Å². The Morgan fingerprint density at radius 2 is 1.61 bits per heavy atom. The fourth-order valence-electron chi connectivity index (χ4n) is 6.16. The first kappa shape index (κ1) is 20.2. The zero-order valence-corrected chi connectivity index (χ0v) is 20.0. The van der Waals surface area contributed by atoms with Gasteiger partial charge in [0.1, 0.15) is 0 Å². The summed E-state index contributed by atoms with van der Waals surface area (Å²) in [5.41, 5.74) is 13.1. The fourth-order valence-corrected chi connectivity index (χ4v) is 6.16. The molecule has 0 spiro atoms. The number of hydrogen-bond donors (Lipinski definition) is 0. The number of aryl methyl sites for hydroxylation is 1. The summed E-state index contributed by atoms with van der Waals surface area (Å²) in [4.78, 5) is 5.13. The van der Waals surface area contributed by atoms with Crippen LogP contribution in [-0.4, -0.2) is 0 Å². The van der Waals surface area contributed by atoms with Crippen LogP contribution in [-0.2, 0) is 5.41 Å². The first-order valence-electron chi connectivity index (χ1n) is 11.9. The predicted molar refractivity (Wildman–Crippen MR) is 139 cm³/mol. The van der Waals surface area contributed by atoms with Crippen LogP contribution in [0.4, 0.5) is 0 Å². The molecule has 6 rings (SSSR count). The second-order valence-corrected chi connectivity index (χ2v) is 10.2. The van der Waals surface area contributed by atoms with Crippen LogP contribution in [0.15, 0.2) is 94.7 Å². The summed E-state index contributed by atoms with van der Waals surface area (Å²) >= 11 is 0. The summed E-state index contributed by atoms with van der Waals surface area (Å²) in [6.45, 7) is 11.5. The number of benzene rings is 3. The summed E-state index contributed by atoms with van der Waals surface area (Å²) in [5, 5.41) is 2.41. The van der Waals surface area contributed by atoms with Gasteiger partial charge in [-0.3, -0.25) is 0 Å². The van der Waals surface area contributed by atoms with E-state index in [1.807, 2.05) is 0 Å². The van der Waals surface area contributed by atoms with Crippen LogP contribution in [0.25, 0.3) is 22.8 Å². The summed E-state index contributed by atoms with van der Waals surface area (Å²) in [5.74, 6) is 0.328. The maximum Gasteiger partial charge on any atom is 0.0748 e. The quantitative estimate of drug-likeness (QED) is 0.437. The lowest BCUT2D eigenvalue weighted by Crippen LogP contribution is -2.34. The molecule has 1 unspecified atom stereocenters. The van der Waals surface area contributed by atoms with Gasteiger partial charge in [0.05, 0.1) is 11.1 Å². The molecule has 3 aromatic rings. The molecule has 0 saturated heterocycles. The summed E-state index contributed by atoms with van der Waals surface area (Å²) in [7, 11) is 0. The van der Waals surface area contributed by atoms with E-state index in [0.717, 1.165) is 11.1 Å².